The second-order valence-corrected chi connectivity index (χ2v) is 8.98. The maximum Gasteiger partial charge on any atom is 0.126 e. The van der Waals surface area contributed by atoms with Gasteiger partial charge in [-0.3, -0.25) is 0 Å². The van der Waals surface area contributed by atoms with Crippen LogP contribution in [0.3, 0.4) is 0 Å². The lowest BCUT2D eigenvalue weighted by molar-refractivity contribution is -0.104. The molecule has 3 heteroatoms. The van der Waals surface area contributed by atoms with Gasteiger partial charge >= 0.3 is 0 Å². The van der Waals surface area contributed by atoms with E-state index in [-0.39, 0.29) is 16.4 Å². The number of aliphatic hydroxyl groups excluding tert-OH is 1. The third kappa shape index (κ3) is 2.93. The third-order valence-corrected chi connectivity index (χ3v) is 5.02. The van der Waals surface area contributed by atoms with Crippen molar-refractivity contribution in [2.75, 3.05) is 0 Å². The number of benzene rings is 1. The summed E-state index contributed by atoms with van der Waals surface area (Å²) in [6.07, 6.45) is 3.34. The quantitative estimate of drug-likeness (QED) is 0.720. The Morgan fingerprint density at radius 1 is 1.10 bits per heavy atom. The van der Waals surface area contributed by atoms with Gasteiger partial charge in [0.25, 0.3) is 0 Å². The molecule has 2 nitrogen and oxygen atoms in total. The molecule has 1 aliphatic carbocycles. The largest absolute Gasteiger partial charge is 0.487 e. The lowest BCUT2D eigenvalue weighted by Crippen LogP contribution is -2.52. The van der Waals surface area contributed by atoms with E-state index in [4.69, 9.17) is 16.3 Å². The molecular formula is C18H25ClO2. The number of rotatable bonds is 0. The maximum absolute atomic E-state index is 10.6. The Balaban J connectivity index is 1.99. The van der Waals surface area contributed by atoms with Crippen molar-refractivity contribution < 1.29 is 9.84 Å². The lowest BCUT2D eigenvalue weighted by atomic mass is 9.58. The summed E-state index contributed by atoms with van der Waals surface area (Å²) >= 11 is 6.04. The summed E-state index contributed by atoms with van der Waals surface area (Å²) in [5.74, 6) is 0.798. The fourth-order valence-electron chi connectivity index (χ4n) is 5.05. The van der Waals surface area contributed by atoms with Crippen LogP contribution in [0.4, 0.5) is 0 Å². The van der Waals surface area contributed by atoms with Crippen LogP contribution in [-0.2, 0) is 0 Å². The second-order valence-electron chi connectivity index (χ2n) is 8.55. The van der Waals surface area contributed by atoms with Crippen LogP contribution in [0.5, 0.6) is 5.75 Å². The first-order valence-electron chi connectivity index (χ1n) is 7.77. The molecule has 1 spiro atoms. The van der Waals surface area contributed by atoms with Gasteiger partial charge in [0.2, 0.25) is 0 Å². The average Bonchev–Trinajstić information content (AvgIpc) is 2.25. The zero-order valence-electron chi connectivity index (χ0n) is 13.4. The van der Waals surface area contributed by atoms with Crippen LogP contribution in [0.25, 0.3) is 0 Å². The number of fused-ring (bicyclic) bond motifs is 1. The fraction of sp³-hybridized carbons (Fsp3) is 0.667. The Bertz CT molecular complexity index is 546. The van der Waals surface area contributed by atoms with E-state index < -0.39 is 6.10 Å². The van der Waals surface area contributed by atoms with Crippen LogP contribution in [0.2, 0.25) is 5.02 Å². The minimum atomic E-state index is -0.489. The van der Waals surface area contributed by atoms with Gasteiger partial charge in [-0.05, 0) is 48.3 Å². The van der Waals surface area contributed by atoms with Gasteiger partial charge in [-0.15, -0.1) is 0 Å². The number of hydrogen-bond donors (Lipinski definition) is 1. The lowest BCUT2D eigenvalue weighted by Gasteiger charge is -2.54. The average molecular weight is 309 g/mol. The van der Waals surface area contributed by atoms with Crippen LogP contribution >= 0.6 is 11.6 Å². The first-order valence-corrected chi connectivity index (χ1v) is 8.14. The molecule has 2 aliphatic rings. The molecule has 0 saturated heterocycles. The highest BCUT2D eigenvalue weighted by molar-refractivity contribution is 6.30. The number of aliphatic hydroxyl groups is 1. The van der Waals surface area contributed by atoms with Gasteiger partial charge in [-0.1, -0.05) is 39.3 Å². The zero-order valence-corrected chi connectivity index (χ0v) is 14.1. The normalized spacial score (nSPS) is 28.8. The van der Waals surface area contributed by atoms with Gasteiger partial charge in [0.05, 0.1) is 6.10 Å². The predicted octanol–water partition coefficient (Wildman–Crippen LogP) is 5.13. The summed E-state index contributed by atoms with van der Waals surface area (Å²) in [7, 11) is 0. The molecule has 1 fully saturated rings. The van der Waals surface area contributed by atoms with Gasteiger partial charge in [-0.25, -0.2) is 0 Å². The topological polar surface area (TPSA) is 29.5 Å². The Kier molecular flexibility index (Phi) is 3.35. The van der Waals surface area contributed by atoms with E-state index in [2.05, 4.69) is 27.7 Å². The van der Waals surface area contributed by atoms with Crippen molar-refractivity contribution in [3.63, 3.8) is 0 Å². The van der Waals surface area contributed by atoms with E-state index in [9.17, 15) is 5.11 Å². The summed E-state index contributed by atoms with van der Waals surface area (Å²) in [6.45, 7) is 9.23. The van der Waals surface area contributed by atoms with Crippen LogP contribution in [0, 0.1) is 10.8 Å². The standard InChI is InChI=1S/C18H25ClO2/c1-16(2)9-17(3,4)11-18(10-16)8-14(20)13-7-12(19)5-6-15(13)21-18/h5-7,14,20H,8-11H2,1-4H3/t14-/m1/s1. The van der Waals surface area contributed by atoms with Gasteiger partial charge < -0.3 is 9.84 Å². The smallest absolute Gasteiger partial charge is 0.126 e. The molecule has 1 aromatic carbocycles. The number of halogens is 1. The van der Waals surface area contributed by atoms with Crippen molar-refractivity contribution in [1.82, 2.24) is 0 Å². The van der Waals surface area contributed by atoms with Crippen LogP contribution in [-0.4, -0.2) is 10.7 Å². The first kappa shape index (κ1) is 15.2. The van der Waals surface area contributed by atoms with Crippen molar-refractivity contribution in [2.24, 2.45) is 10.8 Å². The fourth-order valence-corrected chi connectivity index (χ4v) is 5.23. The molecule has 1 atom stereocenters. The molecule has 21 heavy (non-hydrogen) atoms. The molecule has 3 rings (SSSR count). The highest BCUT2D eigenvalue weighted by Gasteiger charge is 2.51. The predicted molar refractivity (Wildman–Crippen MR) is 85.8 cm³/mol. The van der Waals surface area contributed by atoms with Gasteiger partial charge in [0, 0.05) is 17.0 Å². The van der Waals surface area contributed by atoms with E-state index in [1.807, 2.05) is 18.2 Å². The minimum absolute atomic E-state index is 0.228. The van der Waals surface area contributed by atoms with E-state index in [1.54, 1.807) is 0 Å². The van der Waals surface area contributed by atoms with Crippen LogP contribution in [0.15, 0.2) is 18.2 Å². The summed E-state index contributed by atoms with van der Waals surface area (Å²) in [4.78, 5) is 0. The molecule has 0 unspecified atom stereocenters. The van der Waals surface area contributed by atoms with Crippen molar-refractivity contribution in [2.45, 2.75) is 65.1 Å². The zero-order chi connectivity index (χ0) is 15.5. The Morgan fingerprint density at radius 3 is 2.33 bits per heavy atom. The molecule has 0 bridgehead atoms. The van der Waals surface area contributed by atoms with Crippen molar-refractivity contribution in [1.29, 1.82) is 0 Å². The van der Waals surface area contributed by atoms with Gasteiger partial charge in [-0.2, -0.15) is 0 Å². The van der Waals surface area contributed by atoms with E-state index in [1.165, 1.54) is 6.42 Å². The molecule has 0 amide bonds. The van der Waals surface area contributed by atoms with Crippen LogP contribution in [0.1, 0.15) is 65.0 Å². The first-order chi connectivity index (χ1) is 9.60. The SMILES string of the molecule is CC1(C)CC(C)(C)CC2(C[C@@H](O)c3cc(Cl)ccc3O2)C1. The highest BCUT2D eigenvalue weighted by atomic mass is 35.5. The van der Waals surface area contributed by atoms with Gasteiger partial charge in [0.1, 0.15) is 11.4 Å². The molecule has 0 aromatic heterocycles. The summed E-state index contributed by atoms with van der Waals surface area (Å²) in [6, 6.07) is 5.56. The van der Waals surface area contributed by atoms with E-state index >= 15 is 0 Å². The Labute approximate surface area is 132 Å². The molecule has 1 saturated carbocycles. The summed E-state index contributed by atoms with van der Waals surface area (Å²) in [5.41, 5.74) is 1.02. The van der Waals surface area contributed by atoms with Crippen molar-refractivity contribution >= 4 is 11.6 Å². The molecular weight excluding hydrogens is 284 g/mol. The Morgan fingerprint density at radius 2 is 1.71 bits per heavy atom. The third-order valence-electron chi connectivity index (χ3n) is 4.78. The monoisotopic (exact) mass is 308 g/mol. The van der Waals surface area contributed by atoms with Gasteiger partial charge in [0.15, 0.2) is 0 Å². The highest BCUT2D eigenvalue weighted by Crippen LogP contribution is 2.56. The number of hydrogen-bond acceptors (Lipinski definition) is 2. The number of ether oxygens (including phenoxy) is 1. The molecule has 116 valence electrons. The molecule has 1 aliphatic heterocycles. The summed E-state index contributed by atoms with van der Waals surface area (Å²) < 4.78 is 6.44. The Hall–Kier alpha value is -0.730. The summed E-state index contributed by atoms with van der Waals surface area (Å²) in [5, 5.41) is 11.3. The maximum atomic E-state index is 10.6. The molecule has 1 heterocycles. The second kappa shape index (κ2) is 4.63. The molecule has 0 radical (unpaired) electrons. The minimum Gasteiger partial charge on any atom is -0.487 e. The van der Waals surface area contributed by atoms with Crippen molar-refractivity contribution in [3.8, 4) is 5.75 Å². The molecule has 1 aromatic rings. The van der Waals surface area contributed by atoms with E-state index in [0.717, 1.165) is 24.2 Å². The van der Waals surface area contributed by atoms with E-state index in [0.29, 0.717) is 11.4 Å². The van der Waals surface area contributed by atoms with Crippen LogP contribution < -0.4 is 4.74 Å². The van der Waals surface area contributed by atoms with Crippen molar-refractivity contribution in [3.05, 3.63) is 28.8 Å². The molecule has 1 N–H and O–H groups in total.